The summed E-state index contributed by atoms with van der Waals surface area (Å²) in [6.45, 7) is 8.42. The summed E-state index contributed by atoms with van der Waals surface area (Å²) in [7, 11) is 0. The molecule has 29 heavy (non-hydrogen) atoms. The first-order valence-corrected chi connectivity index (χ1v) is 11.2. The van der Waals surface area contributed by atoms with Gasteiger partial charge in [-0.3, -0.25) is 0 Å². The van der Waals surface area contributed by atoms with Gasteiger partial charge < -0.3 is 25.1 Å². The number of aromatic nitrogens is 4. The van der Waals surface area contributed by atoms with E-state index >= 15 is 0 Å². The Morgan fingerprint density at radius 3 is 2.76 bits per heavy atom. The van der Waals surface area contributed by atoms with E-state index in [2.05, 4.69) is 63.2 Å². The maximum atomic E-state index is 6.06. The molecule has 0 radical (unpaired) electrons. The minimum absolute atomic E-state index is 0.0871. The highest BCUT2D eigenvalue weighted by molar-refractivity contribution is 14.1. The van der Waals surface area contributed by atoms with Crippen molar-refractivity contribution in [3.63, 3.8) is 0 Å². The SMILES string of the molecule is CC(C)(C)NCCCn1c(Sc2cc3c(cc2I)OCO3)nc2c(N)ncnc21. The molecule has 3 aromatic rings. The number of nitrogen functional groups attached to an aromatic ring is 1. The van der Waals surface area contributed by atoms with Crippen molar-refractivity contribution in [1.82, 2.24) is 24.8 Å². The molecule has 0 saturated heterocycles. The lowest BCUT2D eigenvalue weighted by Gasteiger charge is -2.20. The van der Waals surface area contributed by atoms with E-state index in [1.54, 1.807) is 11.8 Å². The Labute approximate surface area is 187 Å². The summed E-state index contributed by atoms with van der Waals surface area (Å²) >= 11 is 3.87. The van der Waals surface area contributed by atoms with E-state index in [9.17, 15) is 0 Å². The Morgan fingerprint density at radius 1 is 1.24 bits per heavy atom. The van der Waals surface area contributed by atoms with Crippen LogP contribution in [0.25, 0.3) is 11.2 Å². The molecule has 0 amide bonds. The lowest BCUT2D eigenvalue weighted by Crippen LogP contribution is -2.36. The summed E-state index contributed by atoms with van der Waals surface area (Å²) in [5, 5.41) is 4.35. The summed E-state index contributed by atoms with van der Waals surface area (Å²) in [6, 6.07) is 3.98. The zero-order valence-corrected chi connectivity index (χ0v) is 19.5. The predicted octanol–water partition coefficient (Wildman–Crippen LogP) is 3.67. The van der Waals surface area contributed by atoms with Crippen LogP contribution in [0.1, 0.15) is 27.2 Å². The molecule has 1 aliphatic heterocycles. The Bertz CT molecular complexity index is 1050. The smallest absolute Gasteiger partial charge is 0.231 e. The van der Waals surface area contributed by atoms with Gasteiger partial charge in [-0.2, -0.15) is 0 Å². The van der Waals surface area contributed by atoms with E-state index in [0.717, 1.165) is 50.3 Å². The monoisotopic (exact) mass is 526 g/mol. The molecule has 8 nitrogen and oxygen atoms in total. The molecule has 154 valence electrons. The lowest BCUT2D eigenvalue weighted by molar-refractivity contribution is 0.174. The van der Waals surface area contributed by atoms with Gasteiger partial charge in [-0.05, 0) is 68.5 Å². The number of imidazole rings is 1. The fraction of sp³-hybridized carbons (Fsp3) is 0.421. The number of hydrogen-bond donors (Lipinski definition) is 2. The van der Waals surface area contributed by atoms with Gasteiger partial charge in [-0.15, -0.1) is 0 Å². The highest BCUT2D eigenvalue weighted by atomic mass is 127. The number of nitrogens with two attached hydrogens (primary N) is 1. The first kappa shape index (κ1) is 20.5. The van der Waals surface area contributed by atoms with Gasteiger partial charge in [-0.1, -0.05) is 11.8 Å². The van der Waals surface area contributed by atoms with Gasteiger partial charge in [0.25, 0.3) is 0 Å². The van der Waals surface area contributed by atoms with E-state index in [4.69, 9.17) is 20.2 Å². The normalized spacial score (nSPS) is 13.4. The van der Waals surface area contributed by atoms with E-state index in [1.807, 2.05) is 12.1 Å². The number of nitrogens with one attached hydrogen (secondary N) is 1. The fourth-order valence-electron chi connectivity index (χ4n) is 2.99. The summed E-state index contributed by atoms with van der Waals surface area (Å²) in [5.74, 6) is 1.92. The Balaban J connectivity index is 1.64. The summed E-state index contributed by atoms with van der Waals surface area (Å²) in [4.78, 5) is 14.3. The second-order valence-corrected chi connectivity index (χ2v) is 9.92. The molecule has 1 aliphatic rings. The topological polar surface area (TPSA) is 100 Å². The average Bonchev–Trinajstić information content (AvgIpc) is 3.23. The van der Waals surface area contributed by atoms with Crippen LogP contribution < -0.4 is 20.5 Å². The van der Waals surface area contributed by atoms with Crippen molar-refractivity contribution in [1.29, 1.82) is 0 Å². The van der Waals surface area contributed by atoms with Gasteiger partial charge in [0.15, 0.2) is 33.6 Å². The molecule has 0 atom stereocenters. The van der Waals surface area contributed by atoms with Gasteiger partial charge in [0.2, 0.25) is 6.79 Å². The van der Waals surface area contributed by atoms with Gasteiger partial charge in [0.05, 0.1) is 0 Å². The zero-order valence-electron chi connectivity index (χ0n) is 16.5. The lowest BCUT2D eigenvalue weighted by atomic mass is 10.1. The fourth-order valence-corrected chi connectivity index (χ4v) is 4.70. The molecule has 0 spiro atoms. The maximum absolute atomic E-state index is 6.06. The number of fused-ring (bicyclic) bond motifs is 2. The molecule has 3 heterocycles. The molecule has 0 aliphatic carbocycles. The first-order chi connectivity index (χ1) is 13.8. The summed E-state index contributed by atoms with van der Waals surface area (Å²) in [5.41, 5.74) is 7.54. The Hall–Kier alpha value is -1.79. The number of anilines is 1. The van der Waals surface area contributed by atoms with Crippen LogP contribution in [0.5, 0.6) is 11.5 Å². The average molecular weight is 526 g/mol. The van der Waals surface area contributed by atoms with E-state index in [1.165, 1.54) is 6.33 Å². The Morgan fingerprint density at radius 2 is 2.00 bits per heavy atom. The van der Waals surface area contributed by atoms with Crippen LogP contribution in [0.3, 0.4) is 0 Å². The Kier molecular flexibility index (Phi) is 5.76. The van der Waals surface area contributed by atoms with Crippen LogP contribution in [-0.4, -0.2) is 38.4 Å². The van der Waals surface area contributed by atoms with Crippen molar-refractivity contribution >= 4 is 51.3 Å². The minimum atomic E-state index is 0.0871. The number of hydrogen-bond acceptors (Lipinski definition) is 8. The maximum Gasteiger partial charge on any atom is 0.231 e. The molecule has 10 heteroatoms. The first-order valence-electron chi connectivity index (χ1n) is 9.30. The van der Waals surface area contributed by atoms with Gasteiger partial charge in [-0.25, -0.2) is 15.0 Å². The van der Waals surface area contributed by atoms with Gasteiger partial charge >= 0.3 is 0 Å². The number of rotatable bonds is 6. The third-order valence-electron chi connectivity index (χ3n) is 4.37. The molecule has 2 aromatic heterocycles. The van der Waals surface area contributed by atoms with E-state index < -0.39 is 0 Å². The van der Waals surface area contributed by atoms with Gasteiger partial charge in [0.1, 0.15) is 6.33 Å². The second kappa shape index (κ2) is 8.15. The van der Waals surface area contributed by atoms with Crippen LogP contribution >= 0.6 is 34.4 Å². The second-order valence-electron chi connectivity index (χ2n) is 7.75. The number of aryl methyl sites for hydroxylation is 1. The molecular weight excluding hydrogens is 503 g/mol. The van der Waals surface area contributed by atoms with Crippen molar-refractivity contribution in [3.8, 4) is 11.5 Å². The largest absolute Gasteiger partial charge is 0.454 e. The van der Waals surface area contributed by atoms with E-state index in [-0.39, 0.29) is 12.3 Å². The molecule has 0 fully saturated rings. The number of halogens is 1. The molecule has 4 rings (SSSR count). The molecule has 0 unspecified atom stereocenters. The van der Waals surface area contributed by atoms with E-state index in [0.29, 0.717) is 11.3 Å². The van der Waals surface area contributed by atoms with Crippen molar-refractivity contribution in [3.05, 3.63) is 22.0 Å². The van der Waals surface area contributed by atoms with Crippen LogP contribution in [0.15, 0.2) is 28.5 Å². The molecule has 0 bridgehead atoms. The van der Waals surface area contributed by atoms with Gasteiger partial charge in [0, 0.05) is 20.5 Å². The minimum Gasteiger partial charge on any atom is -0.454 e. The predicted molar refractivity (Wildman–Crippen MR) is 122 cm³/mol. The molecule has 3 N–H and O–H groups in total. The quantitative estimate of drug-likeness (QED) is 0.371. The van der Waals surface area contributed by atoms with Crippen molar-refractivity contribution in [2.75, 3.05) is 19.1 Å². The molecule has 1 aromatic carbocycles. The van der Waals surface area contributed by atoms with Crippen LogP contribution in [0.4, 0.5) is 5.82 Å². The number of nitrogens with zero attached hydrogens (tertiary/aromatic N) is 4. The van der Waals surface area contributed by atoms with Crippen molar-refractivity contribution < 1.29 is 9.47 Å². The summed E-state index contributed by atoms with van der Waals surface area (Å²) in [6.07, 6.45) is 2.43. The number of benzene rings is 1. The van der Waals surface area contributed by atoms with Crippen molar-refractivity contribution in [2.45, 2.75) is 49.3 Å². The highest BCUT2D eigenvalue weighted by Crippen LogP contribution is 2.41. The third kappa shape index (κ3) is 4.53. The van der Waals surface area contributed by atoms with Crippen LogP contribution in [0.2, 0.25) is 0 Å². The molecule has 0 saturated carbocycles. The standard InChI is InChI=1S/C19H23IN6O2S/c1-19(2,3)24-5-4-6-26-17-15(16(21)22-9-23-17)25-18(26)29-14-8-13-12(7-11(14)20)27-10-28-13/h7-9,24H,4-6,10H2,1-3H3,(H2,21,22,23). The highest BCUT2D eigenvalue weighted by Gasteiger charge is 2.20. The van der Waals surface area contributed by atoms with Crippen LogP contribution in [-0.2, 0) is 6.54 Å². The number of ether oxygens (including phenoxy) is 2. The summed E-state index contributed by atoms with van der Waals surface area (Å²) < 4.78 is 14.2. The zero-order chi connectivity index (χ0) is 20.6. The van der Waals surface area contributed by atoms with Crippen LogP contribution in [0, 0.1) is 3.57 Å². The van der Waals surface area contributed by atoms with Crippen molar-refractivity contribution in [2.24, 2.45) is 0 Å². The molecular formula is C19H23IN6O2S. The third-order valence-corrected chi connectivity index (χ3v) is 6.68.